The lowest BCUT2D eigenvalue weighted by Crippen LogP contribution is -2.38. The average Bonchev–Trinajstić information content (AvgIpc) is 3.12. The van der Waals surface area contributed by atoms with Gasteiger partial charge in [-0.1, -0.05) is 20.8 Å². The van der Waals surface area contributed by atoms with Crippen LogP contribution in [0.2, 0.25) is 0 Å². The lowest BCUT2D eigenvalue weighted by atomic mass is 9.72. The van der Waals surface area contributed by atoms with E-state index < -0.39 is 0 Å². The number of fused-ring (bicyclic) bond motifs is 3. The highest BCUT2D eigenvalue weighted by Gasteiger charge is 2.36. The normalized spacial score (nSPS) is 23.7. The minimum Gasteiger partial charge on any atom is -0.465 e. The van der Waals surface area contributed by atoms with Gasteiger partial charge in [-0.15, -0.1) is 11.3 Å². The molecule has 0 bridgehead atoms. The molecule has 1 amide bonds. The van der Waals surface area contributed by atoms with Crippen molar-refractivity contribution in [3.05, 3.63) is 40.2 Å². The standard InChI is InChI=1S/C18H22N2O2S/c1-18(2,3)10-6-7-11-13(9-10)23-17-14(11)16(21)19-15(20-17)12-5-4-8-22-12/h4-5,8,10,15,20H,6-7,9H2,1-3H3,(H,19,21)/t10-,15+/m1/s1. The van der Waals surface area contributed by atoms with Crippen molar-refractivity contribution in [3.8, 4) is 0 Å². The molecule has 4 rings (SSSR count). The first-order chi connectivity index (χ1) is 10.9. The molecule has 2 atom stereocenters. The third-order valence-electron chi connectivity index (χ3n) is 5.10. The fourth-order valence-electron chi connectivity index (χ4n) is 3.64. The molecule has 1 aliphatic heterocycles. The molecular formula is C18H22N2O2S. The molecule has 23 heavy (non-hydrogen) atoms. The molecule has 0 saturated heterocycles. The Balaban J connectivity index is 1.66. The second-order valence-corrected chi connectivity index (χ2v) is 8.69. The molecule has 0 aromatic carbocycles. The van der Waals surface area contributed by atoms with Crippen LogP contribution in [-0.2, 0) is 12.8 Å². The van der Waals surface area contributed by atoms with Crippen LogP contribution in [0.25, 0.3) is 0 Å². The van der Waals surface area contributed by atoms with Crippen molar-refractivity contribution in [2.45, 2.75) is 46.2 Å². The topological polar surface area (TPSA) is 54.3 Å². The van der Waals surface area contributed by atoms with Gasteiger partial charge in [-0.05, 0) is 48.3 Å². The number of carbonyl (C=O) groups is 1. The zero-order valence-electron chi connectivity index (χ0n) is 13.7. The Bertz CT molecular complexity index is 740. The average molecular weight is 330 g/mol. The van der Waals surface area contributed by atoms with Crippen LogP contribution in [0, 0.1) is 11.3 Å². The number of furan rings is 1. The molecule has 2 N–H and O–H groups in total. The molecule has 122 valence electrons. The quantitative estimate of drug-likeness (QED) is 0.817. The number of anilines is 1. The maximum absolute atomic E-state index is 12.6. The van der Waals surface area contributed by atoms with E-state index in [1.165, 1.54) is 10.4 Å². The molecule has 5 heteroatoms. The third-order valence-corrected chi connectivity index (χ3v) is 6.28. The maximum Gasteiger partial charge on any atom is 0.256 e. The van der Waals surface area contributed by atoms with E-state index in [0.717, 1.165) is 35.6 Å². The predicted molar refractivity (Wildman–Crippen MR) is 91.8 cm³/mol. The fraction of sp³-hybridized carbons (Fsp3) is 0.500. The third kappa shape index (κ3) is 2.47. The first-order valence-electron chi connectivity index (χ1n) is 8.19. The van der Waals surface area contributed by atoms with Crippen molar-refractivity contribution in [3.63, 3.8) is 0 Å². The molecule has 0 radical (unpaired) electrons. The summed E-state index contributed by atoms with van der Waals surface area (Å²) in [5.41, 5.74) is 2.43. The molecule has 1 aliphatic carbocycles. The Morgan fingerprint density at radius 3 is 2.83 bits per heavy atom. The molecule has 3 heterocycles. The van der Waals surface area contributed by atoms with Gasteiger partial charge in [0.2, 0.25) is 0 Å². The summed E-state index contributed by atoms with van der Waals surface area (Å²) in [4.78, 5) is 14.0. The highest BCUT2D eigenvalue weighted by atomic mass is 32.1. The maximum atomic E-state index is 12.6. The number of amides is 1. The van der Waals surface area contributed by atoms with E-state index in [2.05, 4.69) is 31.4 Å². The van der Waals surface area contributed by atoms with Gasteiger partial charge in [-0.25, -0.2) is 0 Å². The second kappa shape index (κ2) is 5.13. The van der Waals surface area contributed by atoms with Crippen LogP contribution in [0.1, 0.15) is 59.9 Å². The molecule has 0 saturated carbocycles. The Morgan fingerprint density at radius 2 is 2.13 bits per heavy atom. The molecule has 2 aromatic rings. The van der Waals surface area contributed by atoms with Crippen LogP contribution in [0.5, 0.6) is 0 Å². The Morgan fingerprint density at radius 1 is 1.30 bits per heavy atom. The highest BCUT2D eigenvalue weighted by Crippen LogP contribution is 2.45. The van der Waals surface area contributed by atoms with Gasteiger partial charge in [0.25, 0.3) is 5.91 Å². The van der Waals surface area contributed by atoms with E-state index in [-0.39, 0.29) is 12.1 Å². The Kier molecular flexibility index (Phi) is 3.30. The minimum absolute atomic E-state index is 0.0202. The molecular weight excluding hydrogens is 308 g/mol. The van der Waals surface area contributed by atoms with Crippen molar-refractivity contribution < 1.29 is 9.21 Å². The summed E-state index contributed by atoms with van der Waals surface area (Å²) < 4.78 is 5.43. The Hall–Kier alpha value is -1.75. The summed E-state index contributed by atoms with van der Waals surface area (Å²) in [7, 11) is 0. The van der Waals surface area contributed by atoms with Gasteiger partial charge >= 0.3 is 0 Å². The summed E-state index contributed by atoms with van der Waals surface area (Å²) in [5.74, 6) is 1.44. The van der Waals surface area contributed by atoms with Gasteiger partial charge < -0.3 is 15.1 Å². The summed E-state index contributed by atoms with van der Waals surface area (Å²) in [6, 6.07) is 3.72. The number of rotatable bonds is 1. The molecule has 4 nitrogen and oxygen atoms in total. The lowest BCUT2D eigenvalue weighted by molar-refractivity contribution is 0.0930. The minimum atomic E-state index is -0.275. The summed E-state index contributed by atoms with van der Waals surface area (Å²) in [5, 5.41) is 7.44. The molecule has 0 spiro atoms. The van der Waals surface area contributed by atoms with Crippen LogP contribution in [0.4, 0.5) is 5.00 Å². The van der Waals surface area contributed by atoms with E-state index in [1.54, 1.807) is 17.6 Å². The fourth-order valence-corrected chi connectivity index (χ4v) is 4.99. The van der Waals surface area contributed by atoms with Gasteiger partial charge in [-0.3, -0.25) is 4.79 Å². The number of nitrogens with one attached hydrogen (secondary N) is 2. The van der Waals surface area contributed by atoms with Gasteiger partial charge in [0, 0.05) is 4.88 Å². The SMILES string of the molecule is CC(C)(C)[C@@H]1CCc2c(sc3c2C(=O)N[C@H](c2ccco2)N3)C1. The number of carbonyl (C=O) groups excluding carboxylic acids is 1. The predicted octanol–water partition coefficient (Wildman–Crippen LogP) is 4.35. The van der Waals surface area contributed by atoms with E-state index in [0.29, 0.717) is 11.3 Å². The summed E-state index contributed by atoms with van der Waals surface area (Å²) >= 11 is 1.75. The van der Waals surface area contributed by atoms with Crippen molar-refractivity contribution in [1.29, 1.82) is 0 Å². The number of hydrogen-bond acceptors (Lipinski definition) is 4. The van der Waals surface area contributed by atoms with E-state index in [9.17, 15) is 4.79 Å². The van der Waals surface area contributed by atoms with Crippen LogP contribution in [0.3, 0.4) is 0 Å². The van der Waals surface area contributed by atoms with Crippen molar-refractivity contribution >= 4 is 22.2 Å². The number of thiophene rings is 1. The smallest absolute Gasteiger partial charge is 0.256 e. The highest BCUT2D eigenvalue weighted by molar-refractivity contribution is 7.16. The summed E-state index contributed by atoms with van der Waals surface area (Å²) in [6.07, 6.45) is 4.60. The zero-order valence-corrected chi connectivity index (χ0v) is 14.5. The summed E-state index contributed by atoms with van der Waals surface area (Å²) in [6.45, 7) is 6.94. The molecule has 2 aromatic heterocycles. The zero-order chi connectivity index (χ0) is 16.2. The van der Waals surface area contributed by atoms with Gasteiger partial charge in [-0.2, -0.15) is 0 Å². The molecule has 0 unspecified atom stereocenters. The Labute approximate surface area is 140 Å². The van der Waals surface area contributed by atoms with Crippen LogP contribution >= 0.6 is 11.3 Å². The van der Waals surface area contributed by atoms with Gasteiger partial charge in [0.15, 0.2) is 6.17 Å². The van der Waals surface area contributed by atoms with E-state index in [4.69, 9.17) is 4.42 Å². The largest absolute Gasteiger partial charge is 0.465 e. The lowest BCUT2D eigenvalue weighted by Gasteiger charge is -2.34. The monoisotopic (exact) mass is 330 g/mol. The first-order valence-corrected chi connectivity index (χ1v) is 9.00. The molecule has 0 fully saturated rings. The number of hydrogen-bond donors (Lipinski definition) is 2. The molecule has 2 aliphatic rings. The van der Waals surface area contributed by atoms with Crippen LogP contribution in [-0.4, -0.2) is 5.91 Å². The van der Waals surface area contributed by atoms with E-state index in [1.807, 2.05) is 12.1 Å². The van der Waals surface area contributed by atoms with Crippen LogP contribution in [0.15, 0.2) is 22.8 Å². The van der Waals surface area contributed by atoms with Gasteiger partial charge in [0.1, 0.15) is 10.8 Å². The van der Waals surface area contributed by atoms with Crippen molar-refractivity contribution in [2.75, 3.05) is 5.32 Å². The van der Waals surface area contributed by atoms with E-state index >= 15 is 0 Å². The second-order valence-electron chi connectivity index (χ2n) is 7.58. The van der Waals surface area contributed by atoms with Gasteiger partial charge in [0.05, 0.1) is 11.8 Å². The van der Waals surface area contributed by atoms with Crippen molar-refractivity contribution in [2.24, 2.45) is 11.3 Å². The van der Waals surface area contributed by atoms with Crippen LogP contribution < -0.4 is 10.6 Å². The van der Waals surface area contributed by atoms with Crippen molar-refractivity contribution in [1.82, 2.24) is 5.32 Å². The first kappa shape index (κ1) is 14.8.